The summed E-state index contributed by atoms with van der Waals surface area (Å²) in [6, 6.07) is 7.29. The number of fused-ring (bicyclic) bond motifs is 3. The highest BCUT2D eigenvalue weighted by Gasteiger charge is 2.27. The lowest BCUT2D eigenvalue weighted by Gasteiger charge is -2.36. The molecule has 1 aliphatic heterocycles. The molecular formula is C19H21N5. The number of benzene rings is 1. The second-order valence-electron chi connectivity index (χ2n) is 6.84. The van der Waals surface area contributed by atoms with E-state index in [-0.39, 0.29) is 0 Å². The van der Waals surface area contributed by atoms with Crippen LogP contribution in [0.4, 0.5) is 0 Å². The zero-order chi connectivity index (χ0) is 15.9. The molecule has 5 nitrogen and oxygen atoms in total. The van der Waals surface area contributed by atoms with Crippen LogP contribution in [-0.2, 0) is 13.0 Å². The van der Waals surface area contributed by atoms with E-state index in [1.807, 2.05) is 0 Å². The summed E-state index contributed by atoms with van der Waals surface area (Å²) in [5.74, 6) is 1.23. The Kier molecular flexibility index (Phi) is 3.33. The SMILES string of the molecule is c1cnc(-c2ccc3c(c2)nc2n3CCN(C3CCC3)CC2)cn1. The van der Waals surface area contributed by atoms with Gasteiger partial charge in [-0.1, -0.05) is 12.5 Å². The van der Waals surface area contributed by atoms with Gasteiger partial charge in [-0.2, -0.15) is 0 Å². The number of hydrogen-bond acceptors (Lipinski definition) is 4. The third kappa shape index (κ3) is 2.31. The van der Waals surface area contributed by atoms with Gasteiger partial charge in [0, 0.05) is 50.1 Å². The summed E-state index contributed by atoms with van der Waals surface area (Å²) in [7, 11) is 0. The Hall–Kier alpha value is -2.27. The maximum Gasteiger partial charge on any atom is 0.111 e. The number of rotatable bonds is 2. The molecule has 5 rings (SSSR count). The normalized spacial score (nSPS) is 19.0. The van der Waals surface area contributed by atoms with E-state index in [1.165, 1.54) is 30.6 Å². The predicted octanol–water partition coefficient (Wildman–Crippen LogP) is 2.90. The van der Waals surface area contributed by atoms with Crippen molar-refractivity contribution in [2.24, 2.45) is 0 Å². The van der Waals surface area contributed by atoms with Gasteiger partial charge in [0.25, 0.3) is 0 Å². The standard InChI is InChI=1S/C19H21N5/c1-2-15(3-1)23-9-6-19-22-16-12-14(17-13-20-7-8-21-17)4-5-18(16)24(19)11-10-23/h4-5,7-8,12-13,15H,1-3,6,9-11H2. The molecule has 1 aromatic carbocycles. The fraction of sp³-hybridized carbons (Fsp3) is 0.421. The van der Waals surface area contributed by atoms with Crippen LogP contribution in [0.25, 0.3) is 22.3 Å². The highest BCUT2D eigenvalue weighted by molar-refractivity contribution is 5.81. The zero-order valence-corrected chi connectivity index (χ0v) is 13.7. The Labute approximate surface area is 141 Å². The van der Waals surface area contributed by atoms with Gasteiger partial charge in [-0.25, -0.2) is 4.98 Å². The first-order valence-corrected chi connectivity index (χ1v) is 8.88. The van der Waals surface area contributed by atoms with Gasteiger partial charge in [0.05, 0.1) is 22.9 Å². The molecule has 0 radical (unpaired) electrons. The molecule has 122 valence electrons. The molecule has 0 bridgehead atoms. The second kappa shape index (κ2) is 5.67. The molecule has 3 aromatic rings. The number of nitrogens with zero attached hydrogens (tertiary/aromatic N) is 5. The van der Waals surface area contributed by atoms with Gasteiger partial charge in [0.15, 0.2) is 0 Å². The van der Waals surface area contributed by atoms with E-state index in [4.69, 9.17) is 4.98 Å². The maximum atomic E-state index is 4.93. The van der Waals surface area contributed by atoms with Crippen molar-refractivity contribution in [1.29, 1.82) is 0 Å². The van der Waals surface area contributed by atoms with Crippen LogP contribution in [-0.4, -0.2) is 43.6 Å². The molecule has 0 saturated heterocycles. The van der Waals surface area contributed by atoms with Gasteiger partial charge in [-0.15, -0.1) is 0 Å². The van der Waals surface area contributed by atoms with Gasteiger partial charge >= 0.3 is 0 Å². The molecule has 0 amide bonds. The third-order valence-electron chi connectivity index (χ3n) is 5.51. The van der Waals surface area contributed by atoms with Crippen LogP contribution in [0.15, 0.2) is 36.8 Å². The molecule has 0 spiro atoms. The fourth-order valence-electron chi connectivity index (χ4n) is 3.93. The zero-order valence-electron chi connectivity index (χ0n) is 13.7. The van der Waals surface area contributed by atoms with E-state index in [0.717, 1.165) is 48.9 Å². The molecule has 1 saturated carbocycles. The Bertz CT molecular complexity index is 866. The summed E-state index contributed by atoms with van der Waals surface area (Å²) in [5.41, 5.74) is 4.30. The van der Waals surface area contributed by atoms with Crippen molar-refractivity contribution in [3.05, 3.63) is 42.6 Å². The van der Waals surface area contributed by atoms with Crippen molar-refractivity contribution in [2.45, 2.75) is 38.3 Å². The van der Waals surface area contributed by atoms with Gasteiger partial charge in [-0.3, -0.25) is 14.9 Å². The van der Waals surface area contributed by atoms with E-state index >= 15 is 0 Å². The molecule has 0 unspecified atom stereocenters. The van der Waals surface area contributed by atoms with E-state index in [2.05, 4.69) is 37.6 Å². The minimum Gasteiger partial charge on any atom is -0.327 e. The van der Waals surface area contributed by atoms with E-state index < -0.39 is 0 Å². The summed E-state index contributed by atoms with van der Waals surface area (Å²) in [6.45, 7) is 3.34. The summed E-state index contributed by atoms with van der Waals surface area (Å²) in [4.78, 5) is 16.1. The van der Waals surface area contributed by atoms with E-state index in [9.17, 15) is 0 Å². The summed E-state index contributed by atoms with van der Waals surface area (Å²) < 4.78 is 2.41. The van der Waals surface area contributed by atoms with Crippen LogP contribution in [0.3, 0.4) is 0 Å². The minimum absolute atomic E-state index is 0.823. The Morgan fingerprint density at radius 1 is 1.04 bits per heavy atom. The van der Waals surface area contributed by atoms with Crippen molar-refractivity contribution in [3.63, 3.8) is 0 Å². The van der Waals surface area contributed by atoms with Gasteiger partial charge in [-0.05, 0) is 25.0 Å². The summed E-state index contributed by atoms with van der Waals surface area (Å²) >= 11 is 0. The van der Waals surface area contributed by atoms with Crippen LogP contribution >= 0.6 is 0 Å². The molecule has 2 aromatic heterocycles. The topological polar surface area (TPSA) is 46.8 Å². The number of aromatic nitrogens is 4. The second-order valence-corrected chi connectivity index (χ2v) is 6.84. The molecule has 24 heavy (non-hydrogen) atoms. The average Bonchev–Trinajstić information content (AvgIpc) is 2.81. The average molecular weight is 319 g/mol. The molecule has 0 atom stereocenters. The lowest BCUT2D eigenvalue weighted by molar-refractivity contribution is 0.130. The van der Waals surface area contributed by atoms with Gasteiger partial charge in [0.1, 0.15) is 5.82 Å². The highest BCUT2D eigenvalue weighted by atomic mass is 15.2. The highest BCUT2D eigenvalue weighted by Crippen LogP contribution is 2.28. The van der Waals surface area contributed by atoms with Crippen LogP contribution in [0.1, 0.15) is 25.1 Å². The fourth-order valence-corrected chi connectivity index (χ4v) is 3.93. The minimum atomic E-state index is 0.823. The Morgan fingerprint density at radius 2 is 2.00 bits per heavy atom. The van der Waals surface area contributed by atoms with Crippen molar-refractivity contribution >= 4 is 11.0 Å². The quantitative estimate of drug-likeness (QED) is 0.729. The smallest absolute Gasteiger partial charge is 0.111 e. The number of hydrogen-bond donors (Lipinski definition) is 0. The first-order valence-electron chi connectivity index (χ1n) is 8.88. The molecule has 1 fully saturated rings. The van der Waals surface area contributed by atoms with Crippen LogP contribution in [0.2, 0.25) is 0 Å². The van der Waals surface area contributed by atoms with Crippen molar-refractivity contribution in [2.75, 3.05) is 13.1 Å². The van der Waals surface area contributed by atoms with Crippen LogP contribution < -0.4 is 0 Å². The number of imidazole rings is 1. The van der Waals surface area contributed by atoms with Gasteiger partial charge in [0.2, 0.25) is 0 Å². The maximum absolute atomic E-state index is 4.93. The predicted molar refractivity (Wildman–Crippen MR) is 93.7 cm³/mol. The van der Waals surface area contributed by atoms with Crippen LogP contribution in [0.5, 0.6) is 0 Å². The van der Waals surface area contributed by atoms with Crippen LogP contribution in [0, 0.1) is 0 Å². The largest absolute Gasteiger partial charge is 0.327 e. The molecular weight excluding hydrogens is 298 g/mol. The monoisotopic (exact) mass is 319 g/mol. The van der Waals surface area contributed by atoms with Crippen molar-refractivity contribution < 1.29 is 0 Å². The van der Waals surface area contributed by atoms with E-state index in [0.29, 0.717) is 0 Å². The molecule has 3 heterocycles. The molecule has 1 aliphatic carbocycles. The first kappa shape index (κ1) is 14.1. The van der Waals surface area contributed by atoms with Crippen molar-refractivity contribution in [1.82, 2.24) is 24.4 Å². The first-order chi connectivity index (χ1) is 11.9. The van der Waals surface area contributed by atoms with E-state index in [1.54, 1.807) is 18.6 Å². The Morgan fingerprint density at radius 3 is 2.79 bits per heavy atom. The Balaban J connectivity index is 1.48. The summed E-state index contributed by atoms with van der Waals surface area (Å²) in [5, 5.41) is 0. The van der Waals surface area contributed by atoms with Gasteiger partial charge < -0.3 is 4.57 Å². The summed E-state index contributed by atoms with van der Waals surface area (Å²) in [6.07, 6.45) is 10.4. The third-order valence-corrected chi connectivity index (χ3v) is 5.51. The molecule has 2 aliphatic rings. The molecule has 0 N–H and O–H groups in total. The molecule has 5 heteroatoms. The lowest BCUT2D eigenvalue weighted by Crippen LogP contribution is -2.41. The van der Waals surface area contributed by atoms with Crippen molar-refractivity contribution in [3.8, 4) is 11.3 Å². The lowest BCUT2D eigenvalue weighted by atomic mass is 9.91.